The van der Waals surface area contributed by atoms with Crippen molar-refractivity contribution in [2.45, 2.75) is 24.3 Å². The van der Waals surface area contributed by atoms with Crippen molar-refractivity contribution in [3.05, 3.63) is 18.0 Å². The van der Waals surface area contributed by atoms with Gasteiger partial charge in [0.25, 0.3) is 5.91 Å². The lowest BCUT2D eigenvalue weighted by Crippen LogP contribution is -2.29. The van der Waals surface area contributed by atoms with Crippen LogP contribution in [0.4, 0.5) is 0 Å². The minimum atomic E-state index is -3.66. The summed E-state index contributed by atoms with van der Waals surface area (Å²) in [7, 11) is 0.887. The van der Waals surface area contributed by atoms with E-state index in [0.717, 1.165) is 0 Å². The molecule has 0 aliphatic heterocycles. The van der Waals surface area contributed by atoms with Gasteiger partial charge < -0.3 is 15.0 Å². The molecule has 0 aliphatic carbocycles. The van der Waals surface area contributed by atoms with Crippen molar-refractivity contribution in [1.82, 2.24) is 14.2 Å². The largest absolute Gasteiger partial charge is 0.393 e. The predicted molar refractivity (Wildman–Crippen MR) is 74.9 cm³/mol. The molecule has 2 N–H and O–H groups in total. The van der Waals surface area contributed by atoms with Crippen LogP contribution in [-0.2, 0) is 17.1 Å². The van der Waals surface area contributed by atoms with E-state index in [1.54, 1.807) is 14.0 Å². The summed E-state index contributed by atoms with van der Waals surface area (Å²) in [4.78, 5) is 11.6. The molecule has 1 amide bonds. The first-order valence-corrected chi connectivity index (χ1v) is 7.67. The highest BCUT2D eigenvalue weighted by Crippen LogP contribution is 2.18. The number of carbonyl (C=O) groups is 1. The fraction of sp³-hybridized carbons (Fsp3) is 0.583. The fourth-order valence-electron chi connectivity index (χ4n) is 1.70. The normalized spacial score (nSPS) is 13.5. The Kier molecular flexibility index (Phi) is 5.32. The molecule has 0 spiro atoms. The van der Waals surface area contributed by atoms with Crippen LogP contribution in [0.1, 0.15) is 23.8 Å². The van der Waals surface area contributed by atoms with Gasteiger partial charge in [-0.3, -0.25) is 4.79 Å². The van der Waals surface area contributed by atoms with E-state index in [-0.39, 0.29) is 23.0 Å². The second kappa shape index (κ2) is 6.38. The summed E-state index contributed by atoms with van der Waals surface area (Å²) in [6.07, 6.45) is 1.19. The third-order valence-electron chi connectivity index (χ3n) is 3.01. The Hall–Kier alpha value is -1.38. The highest BCUT2D eigenvalue weighted by molar-refractivity contribution is 7.89. The summed E-state index contributed by atoms with van der Waals surface area (Å²) in [5.74, 6) is -0.347. The van der Waals surface area contributed by atoms with Gasteiger partial charge in [-0.1, -0.05) is 0 Å². The van der Waals surface area contributed by atoms with Crippen LogP contribution in [0.15, 0.2) is 17.2 Å². The Labute approximate surface area is 119 Å². The number of nitrogens with one attached hydrogen (secondary N) is 1. The molecule has 1 unspecified atom stereocenters. The molecule has 0 radical (unpaired) electrons. The third-order valence-corrected chi connectivity index (χ3v) is 4.83. The highest BCUT2D eigenvalue weighted by Gasteiger charge is 2.24. The van der Waals surface area contributed by atoms with Crippen molar-refractivity contribution in [2.75, 3.05) is 20.6 Å². The minimum Gasteiger partial charge on any atom is -0.393 e. The Morgan fingerprint density at radius 3 is 2.65 bits per heavy atom. The average molecular weight is 303 g/mol. The lowest BCUT2D eigenvalue weighted by molar-refractivity contribution is 0.0955. The summed E-state index contributed by atoms with van der Waals surface area (Å²) < 4.78 is 27.3. The first-order valence-electron chi connectivity index (χ1n) is 6.23. The van der Waals surface area contributed by atoms with Gasteiger partial charge in [-0.25, -0.2) is 12.7 Å². The maximum absolute atomic E-state index is 12.3. The number of carbonyl (C=O) groups excluding carboxylic acids is 1. The highest BCUT2D eigenvalue weighted by atomic mass is 32.2. The number of aliphatic hydroxyl groups is 1. The number of hydrogen-bond acceptors (Lipinski definition) is 4. The van der Waals surface area contributed by atoms with Gasteiger partial charge in [0.2, 0.25) is 10.0 Å². The van der Waals surface area contributed by atoms with Crippen LogP contribution in [0.2, 0.25) is 0 Å². The third kappa shape index (κ3) is 3.59. The van der Waals surface area contributed by atoms with E-state index in [9.17, 15) is 18.3 Å². The van der Waals surface area contributed by atoms with Crippen molar-refractivity contribution in [1.29, 1.82) is 0 Å². The van der Waals surface area contributed by atoms with Gasteiger partial charge >= 0.3 is 0 Å². The predicted octanol–water partition coefficient (Wildman–Crippen LogP) is -0.224. The van der Waals surface area contributed by atoms with E-state index in [2.05, 4.69) is 5.32 Å². The van der Waals surface area contributed by atoms with E-state index in [1.165, 1.54) is 35.2 Å². The minimum absolute atomic E-state index is 0.0618. The smallest absolute Gasteiger partial charge is 0.267 e. The number of rotatable bonds is 6. The number of aliphatic hydroxyl groups excluding tert-OH is 1. The lowest BCUT2D eigenvalue weighted by Gasteiger charge is -2.16. The second-order valence-electron chi connectivity index (χ2n) is 4.72. The molecule has 0 aliphatic rings. The molecule has 1 rings (SSSR count). The van der Waals surface area contributed by atoms with Crippen LogP contribution in [0.3, 0.4) is 0 Å². The average Bonchev–Trinajstić information content (AvgIpc) is 2.77. The van der Waals surface area contributed by atoms with Gasteiger partial charge in [0, 0.05) is 33.9 Å². The van der Waals surface area contributed by atoms with Gasteiger partial charge in [0.1, 0.15) is 10.6 Å². The molecule has 0 aromatic carbocycles. The van der Waals surface area contributed by atoms with Gasteiger partial charge in [0.05, 0.1) is 6.10 Å². The molecule has 114 valence electrons. The van der Waals surface area contributed by atoms with Crippen molar-refractivity contribution in [2.24, 2.45) is 7.05 Å². The van der Waals surface area contributed by atoms with E-state index in [0.29, 0.717) is 6.42 Å². The van der Waals surface area contributed by atoms with Crippen LogP contribution in [0.25, 0.3) is 0 Å². The SMILES string of the molecule is CNC(=O)c1cc(S(=O)(=O)N(C)CCC(C)O)cn1C. The fourth-order valence-corrected chi connectivity index (χ4v) is 2.96. The van der Waals surface area contributed by atoms with Crippen LogP contribution >= 0.6 is 0 Å². The van der Waals surface area contributed by atoms with Crippen molar-refractivity contribution in [3.8, 4) is 0 Å². The molecule has 1 aromatic rings. The van der Waals surface area contributed by atoms with Crippen LogP contribution in [0, 0.1) is 0 Å². The Morgan fingerprint density at radius 1 is 1.55 bits per heavy atom. The molecular formula is C12H21N3O4S. The van der Waals surface area contributed by atoms with E-state index in [4.69, 9.17) is 0 Å². The number of sulfonamides is 1. The molecule has 0 saturated carbocycles. The number of nitrogens with zero attached hydrogens (tertiary/aromatic N) is 2. The number of hydrogen-bond donors (Lipinski definition) is 2. The summed E-state index contributed by atoms with van der Waals surface area (Å²) in [6.45, 7) is 1.82. The zero-order valence-electron chi connectivity index (χ0n) is 12.1. The molecular weight excluding hydrogens is 282 g/mol. The van der Waals surface area contributed by atoms with Gasteiger partial charge in [-0.05, 0) is 19.4 Å². The van der Waals surface area contributed by atoms with Crippen molar-refractivity contribution >= 4 is 15.9 Å². The summed E-state index contributed by atoms with van der Waals surface area (Å²) in [5, 5.41) is 11.7. The molecule has 7 nitrogen and oxygen atoms in total. The summed E-state index contributed by atoms with van der Waals surface area (Å²) in [6, 6.07) is 1.34. The van der Waals surface area contributed by atoms with Crippen LogP contribution < -0.4 is 5.32 Å². The molecule has 0 bridgehead atoms. The molecule has 1 heterocycles. The summed E-state index contributed by atoms with van der Waals surface area (Å²) in [5.41, 5.74) is 0.273. The Morgan fingerprint density at radius 2 is 2.15 bits per heavy atom. The number of aryl methyl sites for hydroxylation is 1. The second-order valence-corrected chi connectivity index (χ2v) is 6.76. The molecule has 1 aromatic heterocycles. The lowest BCUT2D eigenvalue weighted by atomic mass is 10.3. The van der Waals surface area contributed by atoms with Gasteiger partial charge in [0.15, 0.2) is 0 Å². The van der Waals surface area contributed by atoms with Crippen molar-refractivity contribution < 1.29 is 18.3 Å². The topological polar surface area (TPSA) is 91.6 Å². The van der Waals surface area contributed by atoms with Crippen molar-refractivity contribution in [3.63, 3.8) is 0 Å². The first-order chi connectivity index (χ1) is 9.20. The summed E-state index contributed by atoms with van der Waals surface area (Å²) >= 11 is 0. The number of aromatic nitrogens is 1. The van der Waals surface area contributed by atoms with E-state index in [1.807, 2.05) is 0 Å². The zero-order valence-corrected chi connectivity index (χ0v) is 12.9. The van der Waals surface area contributed by atoms with Gasteiger partial charge in [-0.2, -0.15) is 0 Å². The molecule has 20 heavy (non-hydrogen) atoms. The van der Waals surface area contributed by atoms with E-state index >= 15 is 0 Å². The van der Waals surface area contributed by atoms with Gasteiger partial charge in [-0.15, -0.1) is 0 Å². The maximum atomic E-state index is 12.3. The Bertz CT molecular complexity index is 578. The monoisotopic (exact) mass is 303 g/mol. The molecule has 0 saturated heterocycles. The molecule has 0 fully saturated rings. The molecule has 8 heteroatoms. The van der Waals surface area contributed by atoms with E-state index < -0.39 is 16.1 Å². The first kappa shape index (κ1) is 16.7. The number of amides is 1. The molecule has 1 atom stereocenters. The van der Waals surface area contributed by atoms with Crippen LogP contribution in [0.5, 0.6) is 0 Å². The van der Waals surface area contributed by atoms with Crippen LogP contribution in [-0.4, -0.2) is 55.0 Å². The quantitative estimate of drug-likeness (QED) is 0.760. The zero-order chi connectivity index (χ0) is 15.5. The standard InChI is InChI=1S/C12H21N3O4S/c1-9(16)5-6-15(4)20(18,19)10-7-11(12(17)13-2)14(3)8-10/h7-9,16H,5-6H2,1-4H3,(H,13,17). The Balaban J connectivity index is 3.01. The maximum Gasteiger partial charge on any atom is 0.267 e.